The predicted octanol–water partition coefficient (Wildman–Crippen LogP) is 1.42. The third-order valence-electron chi connectivity index (χ3n) is 1.63. The van der Waals surface area contributed by atoms with Crippen LogP contribution < -0.4 is 11.1 Å². The Kier molecular flexibility index (Phi) is 2.97. The Morgan fingerprint density at radius 1 is 1.44 bits per heavy atom. The minimum atomic E-state index is -0.385. The number of nitrogen functional groups attached to an aromatic ring is 1. The lowest BCUT2D eigenvalue weighted by Gasteiger charge is -2.00. The fourth-order valence-electron chi connectivity index (χ4n) is 0.955. The second kappa shape index (κ2) is 4.42. The first-order chi connectivity index (χ1) is 7.65. The summed E-state index contributed by atoms with van der Waals surface area (Å²) in [6.45, 7) is 0. The lowest BCUT2D eigenvalue weighted by atomic mass is 10.4. The van der Waals surface area contributed by atoms with Gasteiger partial charge in [-0.1, -0.05) is 11.6 Å². The van der Waals surface area contributed by atoms with Crippen LogP contribution in [-0.2, 0) is 0 Å². The van der Waals surface area contributed by atoms with E-state index in [9.17, 15) is 4.79 Å². The molecule has 0 aliphatic heterocycles. The number of hydrogen-bond donors (Lipinski definition) is 2. The summed E-state index contributed by atoms with van der Waals surface area (Å²) in [7, 11) is 0. The van der Waals surface area contributed by atoms with Gasteiger partial charge in [-0.05, 0) is 12.1 Å². The van der Waals surface area contributed by atoms with Gasteiger partial charge in [-0.25, -0.2) is 4.98 Å². The van der Waals surface area contributed by atoms with Gasteiger partial charge < -0.3 is 11.1 Å². The third kappa shape index (κ3) is 2.44. The van der Waals surface area contributed by atoms with Crippen molar-refractivity contribution in [1.29, 1.82) is 0 Å². The number of carbonyl (C=O) groups excluding carboxylic acids is 1. The molecule has 0 atom stereocenters. The number of aromatic nitrogens is 3. The molecule has 8 heteroatoms. The molecule has 0 saturated heterocycles. The van der Waals surface area contributed by atoms with Gasteiger partial charge in [0, 0.05) is 5.38 Å². The summed E-state index contributed by atoms with van der Waals surface area (Å²) in [4.78, 5) is 15.4. The molecule has 2 aromatic rings. The molecule has 2 rings (SSSR count). The second-order valence-corrected chi connectivity index (χ2v) is 4.04. The fraction of sp³-hybridized carbons (Fsp3) is 0. The maximum absolute atomic E-state index is 11.6. The topological polar surface area (TPSA) is 93.8 Å². The largest absolute Gasteiger partial charge is 0.375 e. The van der Waals surface area contributed by atoms with Crippen LogP contribution in [0.15, 0.2) is 17.5 Å². The van der Waals surface area contributed by atoms with Crippen molar-refractivity contribution < 1.29 is 4.79 Å². The molecule has 16 heavy (non-hydrogen) atoms. The van der Waals surface area contributed by atoms with Crippen molar-refractivity contribution in [2.75, 3.05) is 11.1 Å². The van der Waals surface area contributed by atoms with E-state index in [0.717, 1.165) is 0 Å². The number of nitrogens with two attached hydrogens (primary N) is 1. The number of anilines is 2. The number of carbonyl (C=O) groups is 1. The van der Waals surface area contributed by atoms with Crippen LogP contribution in [0.5, 0.6) is 0 Å². The Bertz CT molecular complexity index is 511. The first-order valence-corrected chi connectivity index (χ1v) is 5.42. The van der Waals surface area contributed by atoms with Crippen LogP contribution in [0.4, 0.5) is 10.9 Å². The molecule has 82 valence electrons. The summed E-state index contributed by atoms with van der Waals surface area (Å²) in [5.74, 6) is -0.0782. The van der Waals surface area contributed by atoms with E-state index in [4.69, 9.17) is 17.3 Å². The summed E-state index contributed by atoms with van der Waals surface area (Å²) in [5.41, 5.74) is 5.66. The highest BCUT2D eigenvalue weighted by Gasteiger charge is 2.10. The van der Waals surface area contributed by atoms with Gasteiger partial charge in [0.15, 0.2) is 16.1 Å². The van der Waals surface area contributed by atoms with Gasteiger partial charge in [0.1, 0.15) is 5.69 Å². The normalized spacial score (nSPS) is 10.1. The Balaban J connectivity index is 2.10. The number of hydrogen-bond acceptors (Lipinski definition) is 6. The minimum Gasteiger partial charge on any atom is -0.375 e. The van der Waals surface area contributed by atoms with Gasteiger partial charge in [-0.15, -0.1) is 21.5 Å². The highest BCUT2D eigenvalue weighted by Crippen LogP contribution is 2.13. The lowest BCUT2D eigenvalue weighted by Crippen LogP contribution is -2.13. The van der Waals surface area contributed by atoms with Crippen molar-refractivity contribution in [1.82, 2.24) is 15.2 Å². The molecule has 0 saturated carbocycles. The number of thiazole rings is 1. The van der Waals surface area contributed by atoms with E-state index >= 15 is 0 Å². The van der Waals surface area contributed by atoms with E-state index in [-0.39, 0.29) is 16.8 Å². The SMILES string of the molecule is Nc1nc(C(=O)Nc2ccc(Cl)nn2)cs1. The van der Waals surface area contributed by atoms with E-state index in [0.29, 0.717) is 10.9 Å². The zero-order chi connectivity index (χ0) is 11.5. The molecular weight excluding hydrogens is 250 g/mol. The minimum absolute atomic E-state index is 0.249. The van der Waals surface area contributed by atoms with E-state index in [1.165, 1.54) is 17.4 Å². The van der Waals surface area contributed by atoms with Crippen LogP contribution in [0, 0.1) is 0 Å². The zero-order valence-electron chi connectivity index (χ0n) is 7.85. The van der Waals surface area contributed by atoms with E-state index in [1.54, 1.807) is 11.4 Å². The van der Waals surface area contributed by atoms with Crippen LogP contribution in [0.2, 0.25) is 5.15 Å². The summed E-state index contributed by atoms with van der Waals surface area (Å²) < 4.78 is 0. The number of rotatable bonds is 2. The molecule has 3 N–H and O–H groups in total. The molecule has 0 radical (unpaired) electrons. The van der Waals surface area contributed by atoms with Gasteiger partial charge in [-0.2, -0.15) is 0 Å². The molecule has 6 nitrogen and oxygen atoms in total. The molecule has 2 heterocycles. The molecule has 2 aromatic heterocycles. The van der Waals surface area contributed by atoms with Crippen molar-refractivity contribution in [3.8, 4) is 0 Å². The maximum atomic E-state index is 11.6. The molecule has 0 aliphatic carbocycles. The average Bonchev–Trinajstić information content (AvgIpc) is 2.68. The Hall–Kier alpha value is -1.73. The predicted molar refractivity (Wildman–Crippen MR) is 61.5 cm³/mol. The van der Waals surface area contributed by atoms with Crippen LogP contribution in [0.25, 0.3) is 0 Å². The lowest BCUT2D eigenvalue weighted by molar-refractivity contribution is 0.102. The van der Waals surface area contributed by atoms with E-state index in [1.807, 2.05) is 0 Å². The quantitative estimate of drug-likeness (QED) is 0.846. The number of amides is 1. The molecule has 0 bridgehead atoms. The Labute approximate surface area is 99.5 Å². The first kappa shape index (κ1) is 10.8. The molecular formula is C8H6ClN5OS. The van der Waals surface area contributed by atoms with Gasteiger partial charge in [0.25, 0.3) is 5.91 Å². The number of nitrogens with zero attached hydrogens (tertiary/aromatic N) is 3. The van der Waals surface area contributed by atoms with Crippen LogP contribution in [0.3, 0.4) is 0 Å². The summed E-state index contributed by atoms with van der Waals surface area (Å²) in [6, 6.07) is 3.07. The van der Waals surface area contributed by atoms with Crippen LogP contribution in [-0.4, -0.2) is 21.1 Å². The van der Waals surface area contributed by atoms with Crippen molar-refractivity contribution in [3.05, 3.63) is 28.4 Å². The highest BCUT2D eigenvalue weighted by molar-refractivity contribution is 7.13. The van der Waals surface area contributed by atoms with Gasteiger partial charge >= 0.3 is 0 Å². The van der Waals surface area contributed by atoms with Gasteiger partial charge in [0.2, 0.25) is 0 Å². The highest BCUT2D eigenvalue weighted by atomic mass is 35.5. The Morgan fingerprint density at radius 2 is 2.25 bits per heavy atom. The van der Waals surface area contributed by atoms with Crippen LogP contribution in [0.1, 0.15) is 10.5 Å². The van der Waals surface area contributed by atoms with Crippen molar-refractivity contribution in [2.45, 2.75) is 0 Å². The van der Waals surface area contributed by atoms with E-state index < -0.39 is 0 Å². The molecule has 0 aromatic carbocycles. The molecule has 0 aliphatic rings. The van der Waals surface area contributed by atoms with Gasteiger partial charge in [0.05, 0.1) is 0 Å². The fourth-order valence-corrected chi connectivity index (χ4v) is 1.60. The molecule has 0 fully saturated rings. The number of halogens is 1. The summed E-state index contributed by atoms with van der Waals surface area (Å²) in [6.07, 6.45) is 0. The second-order valence-electron chi connectivity index (χ2n) is 2.77. The summed E-state index contributed by atoms with van der Waals surface area (Å²) >= 11 is 6.75. The first-order valence-electron chi connectivity index (χ1n) is 4.17. The van der Waals surface area contributed by atoms with E-state index in [2.05, 4.69) is 20.5 Å². The summed E-state index contributed by atoms with van der Waals surface area (Å²) in [5, 5.41) is 12.0. The zero-order valence-corrected chi connectivity index (χ0v) is 9.42. The maximum Gasteiger partial charge on any atom is 0.276 e. The molecule has 1 amide bonds. The smallest absolute Gasteiger partial charge is 0.276 e. The Morgan fingerprint density at radius 3 is 2.81 bits per heavy atom. The van der Waals surface area contributed by atoms with Crippen molar-refractivity contribution in [3.63, 3.8) is 0 Å². The standard InChI is InChI=1S/C8H6ClN5OS/c9-5-1-2-6(14-13-5)12-7(15)4-3-16-8(10)11-4/h1-3H,(H2,10,11)(H,12,14,15). The number of nitrogens with one attached hydrogen (secondary N) is 1. The third-order valence-corrected chi connectivity index (χ3v) is 2.50. The van der Waals surface area contributed by atoms with Crippen LogP contribution >= 0.6 is 22.9 Å². The average molecular weight is 256 g/mol. The molecule has 0 spiro atoms. The van der Waals surface area contributed by atoms with Crippen molar-refractivity contribution >= 4 is 39.8 Å². The monoisotopic (exact) mass is 255 g/mol. The molecule has 0 unspecified atom stereocenters. The van der Waals surface area contributed by atoms with Crippen molar-refractivity contribution in [2.24, 2.45) is 0 Å². The van der Waals surface area contributed by atoms with Gasteiger partial charge in [-0.3, -0.25) is 4.79 Å².